The van der Waals surface area contributed by atoms with Crippen molar-refractivity contribution in [1.29, 1.82) is 0 Å². The van der Waals surface area contributed by atoms with Gasteiger partial charge >= 0.3 is 5.97 Å². The number of thioether (sulfide) groups is 1. The van der Waals surface area contributed by atoms with E-state index >= 15 is 0 Å². The predicted molar refractivity (Wildman–Crippen MR) is 67.8 cm³/mol. The van der Waals surface area contributed by atoms with Crippen LogP contribution in [-0.4, -0.2) is 22.9 Å². The lowest BCUT2D eigenvalue weighted by Crippen LogP contribution is -2.30. The van der Waals surface area contributed by atoms with Crippen molar-refractivity contribution in [3.63, 3.8) is 0 Å². The van der Waals surface area contributed by atoms with E-state index in [-0.39, 0.29) is 5.02 Å². The third-order valence-electron chi connectivity index (χ3n) is 2.18. The number of carbonyl (C=O) groups is 1. The molecule has 0 bridgehead atoms. The summed E-state index contributed by atoms with van der Waals surface area (Å²) < 4.78 is 13.1. The SMILES string of the molecule is NC(CCSCc1cccc(F)c1Cl)C(=O)O. The highest BCUT2D eigenvalue weighted by Crippen LogP contribution is 2.24. The van der Waals surface area contributed by atoms with Crippen LogP contribution in [0.15, 0.2) is 18.2 Å². The lowest BCUT2D eigenvalue weighted by atomic mass is 10.2. The summed E-state index contributed by atoms with van der Waals surface area (Å²) in [7, 11) is 0. The van der Waals surface area contributed by atoms with Crippen molar-refractivity contribution < 1.29 is 14.3 Å². The fraction of sp³-hybridized carbons (Fsp3) is 0.364. The molecule has 3 nitrogen and oxygen atoms in total. The molecule has 0 fully saturated rings. The van der Waals surface area contributed by atoms with Crippen LogP contribution < -0.4 is 5.73 Å². The number of aliphatic carboxylic acids is 1. The first-order valence-electron chi connectivity index (χ1n) is 5.01. The first kappa shape index (κ1) is 14.3. The maximum absolute atomic E-state index is 13.1. The van der Waals surface area contributed by atoms with Crippen LogP contribution in [0.25, 0.3) is 0 Å². The maximum atomic E-state index is 13.1. The number of benzene rings is 1. The van der Waals surface area contributed by atoms with Crippen LogP contribution in [-0.2, 0) is 10.5 Å². The van der Waals surface area contributed by atoms with Gasteiger partial charge in [-0.05, 0) is 23.8 Å². The molecule has 1 aromatic rings. The molecule has 1 unspecified atom stereocenters. The molecule has 0 aromatic heterocycles. The Morgan fingerprint density at radius 1 is 1.59 bits per heavy atom. The van der Waals surface area contributed by atoms with Crippen molar-refractivity contribution >= 4 is 29.3 Å². The number of carboxylic acid groups (broad SMARTS) is 1. The molecule has 0 saturated carbocycles. The van der Waals surface area contributed by atoms with Gasteiger partial charge < -0.3 is 10.8 Å². The molecule has 0 amide bonds. The van der Waals surface area contributed by atoms with Gasteiger partial charge in [-0.1, -0.05) is 23.7 Å². The van der Waals surface area contributed by atoms with Gasteiger partial charge in [0, 0.05) is 5.75 Å². The average molecular weight is 278 g/mol. The minimum atomic E-state index is -1.01. The first-order chi connectivity index (χ1) is 8.02. The average Bonchev–Trinajstić information content (AvgIpc) is 2.29. The Kier molecular flexibility index (Phi) is 5.74. The van der Waals surface area contributed by atoms with Crippen LogP contribution in [0.3, 0.4) is 0 Å². The number of rotatable bonds is 6. The van der Waals surface area contributed by atoms with Crippen molar-refractivity contribution in [3.8, 4) is 0 Å². The summed E-state index contributed by atoms with van der Waals surface area (Å²) >= 11 is 7.26. The van der Waals surface area contributed by atoms with E-state index in [4.69, 9.17) is 22.4 Å². The molecule has 1 atom stereocenters. The van der Waals surface area contributed by atoms with Gasteiger partial charge in [0.15, 0.2) is 0 Å². The minimum Gasteiger partial charge on any atom is -0.480 e. The molecule has 0 aliphatic heterocycles. The fourth-order valence-corrected chi connectivity index (χ4v) is 2.47. The van der Waals surface area contributed by atoms with E-state index in [1.165, 1.54) is 17.8 Å². The summed E-state index contributed by atoms with van der Waals surface area (Å²) in [6.45, 7) is 0. The molecule has 0 radical (unpaired) electrons. The van der Waals surface area contributed by atoms with Gasteiger partial charge in [0.05, 0.1) is 5.02 Å². The maximum Gasteiger partial charge on any atom is 0.320 e. The van der Waals surface area contributed by atoms with Crippen molar-refractivity contribution in [2.24, 2.45) is 5.73 Å². The topological polar surface area (TPSA) is 63.3 Å². The number of nitrogens with two attached hydrogens (primary N) is 1. The highest BCUT2D eigenvalue weighted by Gasteiger charge is 2.11. The van der Waals surface area contributed by atoms with Gasteiger partial charge in [-0.2, -0.15) is 11.8 Å². The van der Waals surface area contributed by atoms with Gasteiger partial charge in [-0.3, -0.25) is 4.79 Å². The Morgan fingerprint density at radius 3 is 2.94 bits per heavy atom. The van der Waals surface area contributed by atoms with Crippen LogP contribution in [0.5, 0.6) is 0 Å². The number of hydrogen-bond acceptors (Lipinski definition) is 3. The van der Waals surface area contributed by atoms with Gasteiger partial charge in [0.25, 0.3) is 0 Å². The van der Waals surface area contributed by atoms with Crippen molar-refractivity contribution in [1.82, 2.24) is 0 Å². The normalized spacial score (nSPS) is 12.4. The summed E-state index contributed by atoms with van der Waals surface area (Å²) in [4.78, 5) is 10.5. The molecule has 94 valence electrons. The molecular weight excluding hydrogens is 265 g/mol. The monoisotopic (exact) mass is 277 g/mol. The molecule has 6 heteroatoms. The second-order valence-electron chi connectivity index (χ2n) is 3.50. The van der Waals surface area contributed by atoms with Crippen LogP contribution in [0.2, 0.25) is 5.02 Å². The van der Waals surface area contributed by atoms with E-state index in [0.29, 0.717) is 23.5 Å². The predicted octanol–water partition coefficient (Wildman–Crippen LogP) is 2.51. The largest absolute Gasteiger partial charge is 0.480 e. The first-order valence-corrected chi connectivity index (χ1v) is 6.54. The van der Waals surface area contributed by atoms with E-state index in [2.05, 4.69) is 0 Å². The number of hydrogen-bond donors (Lipinski definition) is 2. The molecule has 3 N–H and O–H groups in total. The van der Waals surface area contributed by atoms with Gasteiger partial charge in [-0.15, -0.1) is 0 Å². The zero-order valence-electron chi connectivity index (χ0n) is 9.03. The zero-order chi connectivity index (χ0) is 12.8. The molecule has 17 heavy (non-hydrogen) atoms. The molecule has 0 heterocycles. The van der Waals surface area contributed by atoms with Crippen LogP contribution in [0.4, 0.5) is 4.39 Å². The lowest BCUT2D eigenvalue weighted by Gasteiger charge is -2.07. The minimum absolute atomic E-state index is 0.127. The summed E-state index contributed by atoms with van der Waals surface area (Å²) in [6, 6.07) is 3.80. The third-order valence-corrected chi connectivity index (χ3v) is 3.64. The fourth-order valence-electron chi connectivity index (χ4n) is 1.18. The molecule has 0 aliphatic rings. The Hall–Kier alpha value is -0.780. The van der Waals surface area contributed by atoms with Crippen molar-refractivity contribution in [3.05, 3.63) is 34.6 Å². The van der Waals surface area contributed by atoms with E-state index in [1.807, 2.05) is 0 Å². The molecule has 0 aliphatic carbocycles. The quantitative estimate of drug-likeness (QED) is 0.784. The summed E-state index contributed by atoms with van der Waals surface area (Å²) in [5.41, 5.74) is 6.06. The Morgan fingerprint density at radius 2 is 2.29 bits per heavy atom. The van der Waals surface area contributed by atoms with Crippen LogP contribution >= 0.6 is 23.4 Å². The van der Waals surface area contributed by atoms with Crippen molar-refractivity contribution in [2.75, 3.05) is 5.75 Å². The number of carboxylic acids is 1. The molecule has 1 rings (SSSR count). The third kappa shape index (κ3) is 4.53. The van der Waals surface area contributed by atoms with Crippen LogP contribution in [0, 0.1) is 5.82 Å². The molecule has 1 aromatic carbocycles. The number of halogens is 2. The highest BCUT2D eigenvalue weighted by molar-refractivity contribution is 7.98. The van der Waals surface area contributed by atoms with Crippen molar-refractivity contribution in [2.45, 2.75) is 18.2 Å². The standard InChI is InChI=1S/C11H13ClFNO2S/c12-10-7(2-1-3-8(10)13)6-17-5-4-9(14)11(15)16/h1-3,9H,4-6,14H2,(H,15,16). The van der Waals surface area contributed by atoms with E-state index in [9.17, 15) is 9.18 Å². The highest BCUT2D eigenvalue weighted by atomic mass is 35.5. The Balaban J connectivity index is 2.36. The summed E-state index contributed by atoms with van der Waals surface area (Å²) in [6.07, 6.45) is 0.382. The van der Waals surface area contributed by atoms with E-state index in [1.54, 1.807) is 12.1 Å². The molecule has 0 saturated heterocycles. The summed E-state index contributed by atoms with van der Waals surface area (Å²) in [5, 5.41) is 8.70. The Labute approximate surface area is 108 Å². The smallest absolute Gasteiger partial charge is 0.320 e. The van der Waals surface area contributed by atoms with Crippen LogP contribution in [0.1, 0.15) is 12.0 Å². The van der Waals surface area contributed by atoms with Gasteiger partial charge in [0.2, 0.25) is 0 Å². The second kappa shape index (κ2) is 6.83. The lowest BCUT2D eigenvalue weighted by molar-refractivity contribution is -0.138. The molecule has 0 spiro atoms. The second-order valence-corrected chi connectivity index (χ2v) is 4.98. The van der Waals surface area contributed by atoms with Gasteiger partial charge in [0.1, 0.15) is 11.9 Å². The van der Waals surface area contributed by atoms with Gasteiger partial charge in [-0.25, -0.2) is 4.39 Å². The summed E-state index contributed by atoms with van der Waals surface area (Å²) in [5.74, 6) is -0.301. The zero-order valence-corrected chi connectivity index (χ0v) is 10.6. The van der Waals surface area contributed by atoms with E-state index in [0.717, 1.165) is 0 Å². The molecular formula is C11H13ClFNO2S. The Bertz CT molecular complexity index is 403. The van der Waals surface area contributed by atoms with E-state index < -0.39 is 17.8 Å².